The average molecular weight is 440 g/mol. The van der Waals surface area contributed by atoms with Crippen molar-refractivity contribution >= 4 is 17.6 Å². The smallest absolute Gasteiger partial charge is 0.338 e. The summed E-state index contributed by atoms with van der Waals surface area (Å²) in [6.45, 7) is 6.28. The third kappa shape index (κ3) is 8.31. The summed E-state index contributed by atoms with van der Waals surface area (Å²) in [4.78, 5) is 36.2. The van der Waals surface area contributed by atoms with Crippen molar-refractivity contribution in [3.63, 3.8) is 0 Å². The lowest BCUT2D eigenvalue weighted by Crippen LogP contribution is -2.27. The van der Waals surface area contributed by atoms with Crippen LogP contribution in [0.15, 0.2) is 60.7 Å². The molecule has 2 aromatic carbocycles. The van der Waals surface area contributed by atoms with E-state index in [0.29, 0.717) is 25.1 Å². The summed E-state index contributed by atoms with van der Waals surface area (Å²) in [5, 5.41) is 20.6. The fourth-order valence-electron chi connectivity index (χ4n) is 3.04. The molecule has 32 heavy (non-hydrogen) atoms. The van der Waals surface area contributed by atoms with Gasteiger partial charge in [-0.2, -0.15) is 0 Å². The molecule has 0 aliphatic heterocycles. The number of nitrogens with zero attached hydrogens (tertiary/aromatic N) is 2. The van der Waals surface area contributed by atoms with Crippen LogP contribution in [0.1, 0.15) is 42.3 Å². The first-order valence-electron chi connectivity index (χ1n) is 10.2. The van der Waals surface area contributed by atoms with Gasteiger partial charge in [-0.25, -0.2) is 9.59 Å². The van der Waals surface area contributed by atoms with Crippen LogP contribution in [-0.4, -0.2) is 45.6 Å². The van der Waals surface area contributed by atoms with Gasteiger partial charge in [0.15, 0.2) is 0 Å². The van der Waals surface area contributed by atoms with Crippen LogP contribution in [0.3, 0.4) is 0 Å². The van der Waals surface area contributed by atoms with Gasteiger partial charge in [0, 0.05) is 37.3 Å². The van der Waals surface area contributed by atoms with Crippen LogP contribution >= 0.6 is 0 Å². The van der Waals surface area contributed by atoms with E-state index in [4.69, 9.17) is 9.84 Å². The number of hydrogen-bond donors (Lipinski definition) is 1. The van der Waals surface area contributed by atoms with Crippen molar-refractivity contribution in [2.45, 2.75) is 39.3 Å². The third-order valence-corrected chi connectivity index (χ3v) is 4.49. The Morgan fingerprint density at radius 3 is 2.44 bits per heavy atom. The van der Waals surface area contributed by atoms with Crippen molar-refractivity contribution in [1.29, 1.82) is 0 Å². The molecule has 2 aromatic rings. The van der Waals surface area contributed by atoms with Gasteiger partial charge < -0.3 is 9.84 Å². The Morgan fingerprint density at radius 2 is 1.84 bits per heavy atom. The van der Waals surface area contributed by atoms with Gasteiger partial charge in [0.2, 0.25) is 0 Å². The Labute approximate surface area is 187 Å². The first kappa shape index (κ1) is 24.7. The van der Waals surface area contributed by atoms with E-state index in [0.717, 1.165) is 11.6 Å². The van der Waals surface area contributed by atoms with Gasteiger partial charge in [-0.05, 0) is 38.8 Å². The zero-order valence-electron chi connectivity index (χ0n) is 18.5. The van der Waals surface area contributed by atoms with E-state index >= 15 is 0 Å². The lowest BCUT2D eigenvalue weighted by Gasteiger charge is -2.21. The molecule has 0 aliphatic rings. The van der Waals surface area contributed by atoms with Gasteiger partial charge in [0.1, 0.15) is 5.60 Å². The Kier molecular flexibility index (Phi) is 8.66. The average Bonchev–Trinajstić information content (AvgIpc) is 2.71. The molecule has 0 aromatic heterocycles. The van der Waals surface area contributed by atoms with E-state index in [-0.39, 0.29) is 17.8 Å². The summed E-state index contributed by atoms with van der Waals surface area (Å²) in [5.41, 5.74) is 0.751. The SMILES string of the molecule is CC(C)(C)OC(=O)c1ccc(CN(CC=CC(=O)O)CCc2ccccc2)c([N+](=O)[O-])c1. The van der Waals surface area contributed by atoms with E-state index in [1.807, 2.05) is 35.2 Å². The molecule has 0 unspecified atom stereocenters. The molecule has 8 nitrogen and oxygen atoms in total. The number of nitro groups is 1. The minimum absolute atomic E-state index is 0.108. The van der Waals surface area contributed by atoms with E-state index < -0.39 is 22.5 Å². The topological polar surface area (TPSA) is 110 Å². The summed E-state index contributed by atoms with van der Waals surface area (Å²) in [7, 11) is 0. The van der Waals surface area contributed by atoms with Crippen molar-refractivity contribution in [3.8, 4) is 0 Å². The Hall–Kier alpha value is -3.52. The van der Waals surface area contributed by atoms with Gasteiger partial charge >= 0.3 is 11.9 Å². The lowest BCUT2D eigenvalue weighted by atomic mass is 10.1. The minimum Gasteiger partial charge on any atom is -0.478 e. The second-order valence-corrected chi connectivity index (χ2v) is 8.31. The number of rotatable bonds is 10. The third-order valence-electron chi connectivity index (χ3n) is 4.49. The van der Waals surface area contributed by atoms with Crippen LogP contribution < -0.4 is 0 Å². The Bertz CT molecular complexity index is 980. The van der Waals surface area contributed by atoms with E-state index in [1.54, 1.807) is 26.8 Å². The molecule has 2 rings (SSSR count). The molecule has 0 bridgehead atoms. The van der Waals surface area contributed by atoms with Crippen molar-refractivity contribution in [1.82, 2.24) is 4.90 Å². The summed E-state index contributed by atoms with van der Waals surface area (Å²) >= 11 is 0. The first-order chi connectivity index (χ1) is 15.0. The van der Waals surface area contributed by atoms with E-state index in [1.165, 1.54) is 18.2 Å². The van der Waals surface area contributed by atoms with Crippen LogP contribution in [-0.2, 0) is 22.5 Å². The fourth-order valence-corrected chi connectivity index (χ4v) is 3.04. The number of esters is 1. The van der Waals surface area contributed by atoms with Crippen LogP contribution in [0.2, 0.25) is 0 Å². The van der Waals surface area contributed by atoms with Crippen LogP contribution in [0.25, 0.3) is 0 Å². The fraction of sp³-hybridized carbons (Fsp3) is 0.333. The van der Waals surface area contributed by atoms with E-state index in [2.05, 4.69) is 0 Å². The minimum atomic E-state index is -1.05. The highest BCUT2D eigenvalue weighted by molar-refractivity contribution is 5.90. The number of carbonyl (C=O) groups is 2. The summed E-state index contributed by atoms with van der Waals surface area (Å²) in [5.74, 6) is -1.68. The highest BCUT2D eigenvalue weighted by Crippen LogP contribution is 2.24. The van der Waals surface area contributed by atoms with Gasteiger partial charge in [0.05, 0.1) is 10.5 Å². The molecule has 0 saturated carbocycles. The number of carboxylic acid groups (broad SMARTS) is 1. The van der Waals surface area contributed by atoms with Crippen molar-refractivity contribution in [2.75, 3.05) is 13.1 Å². The molecule has 0 radical (unpaired) electrons. The maximum absolute atomic E-state index is 12.3. The maximum Gasteiger partial charge on any atom is 0.338 e. The molecular formula is C24H28N2O6. The molecule has 0 saturated heterocycles. The zero-order valence-corrected chi connectivity index (χ0v) is 18.5. The molecule has 170 valence electrons. The standard InChI is InChI=1S/C24H28N2O6/c1-24(2,3)32-23(29)19-11-12-20(21(16-19)26(30)31)17-25(14-7-10-22(27)28)15-13-18-8-5-4-6-9-18/h4-12,16H,13-15,17H2,1-3H3,(H,27,28). The predicted molar refractivity (Wildman–Crippen MR) is 120 cm³/mol. The number of benzene rings is 2. The van der Waals surface area contributed by atoms with Crippen LogP contribution in [0.5, 0.6) is 0 Å². The quantitative estimate of drug-likeness (QED) is 0.255. The summed E-state index contributed by atoms with van der Waals surface area (Å²) in [6, 6.07) is 14.1. The second kappa shape index (κ2) is 11.2. The van der Waals surface area contributed by atoms with E-state index in [9.17, 15) is 19.7 Å². The molecule has 0 amide bonds. The zero-order chi connectivity index (χ0) is 23.7. The summed E-state index contributed by atoms with van der Waals surface area (Å²) < 4.78 is 5.31. The molecule has 0 spiro atoms. The van der Waals surface area contributed by atoms with Crippen molar-refractivity contribution in [3.05, 3.63) is 87.5 Å². The number of hydrogen-bond acceptors (Lipinski definition) is 6. The number of ether oxygens (including phenoxy) is 1. The van der Waals surface area contributed by atoms with Gasteiger partial charge in [-0.3, -0.25) is 15.0 Å². The monoisotopic (exact) mass is 440 g/mol. The number of carboxylic acids is 1. The maximum atomic E-state index is 12.3. The van der Waals surface area contributed by atoms with Crippen LogP contribution in [0.4, 0.5) is 5.69 Å². The predicted octanol–water partition coefficient (Wildman–Crippen LogP) is 4.24. The number of carbonyl (C=O) groups excluding carboxylic acids is 1. The van der Waals surface area contributed by atoms with Crippen LogP contribution in [0, 0.1) is 10.1 Å². The number of nitro benzene ring substituents is 1. The highest BCUT2D eigenvalue weighted by atomic mass is 16.6. The van der Waals surface area contributed by atoms with Gasteiger partial charge in [-0.1, -0.05) is 42.5 Å². The first-order valence-corrected chi connectivity index (χ1v) is 10.2. The van der Waals surface area contributed by atoms with Gasteiger partial charge in [0.25, 0.3) is 5.69 Å². The van der Waals surface area contributed by atoms with Crippen molar-refractivity contribution < 1.29 is 24.4 Å². The molecule has 1 N–H and O–H groups in total. The normalized spacial score (nSPS) is 11.6. The number of aliphatic carboxylic acids is 1. The lowest BCUT2D eigenvalue weighted by molar-refractivity contribution is -0.385. The summed E-state index contributed by atoms with van der Waals surface area (Å²) in [6.07, 6.45) is 3.26. The Balaban J connectivity index is 2.24. The molecule has 0 fully saturated rings. The second-order valence-electron chi connectivity index (χ2n) is 8.31. The Morgan fingerprint density at radius 1 is 1.16 bits per heavy atom. The molecule has 0 aliphatic carbocycles. The van der Waals surface area contributed by atoms with Crippen molar-refractivity contribution in [2.24, 2.45) is 0 Å². The molecule has 0 atom stereocenters. The molecule has 8 heteroatoms. The molecular weight excluding hydrogens is 412 g/mol. The van der Waals surface area contributed by atoms with Gasteiger partial charge in [-0.15, -0.1) is 0 Å². The largest absolute Gasteiger partial charge is 0.478 e. The molecule has 0 heterocycles. The highest BCUT2D eigenvalue weighted by Gasteiger charge is 2.23.